The number of hydrogen-bond acceptors (Lipinski definition) is 3. The number of halogens is 1. The van der Waals surface area contributed by atoms with Crippen molar-refractivity contribution >= 4 is 28.9 Å². The highest BCUT2D eigenvalue weighted by Gasteiger charge is 2.28. The minimum Gasteiger partial charge on any atom is -0.312 e. The van der Waals surface area contributed by atoms with Crippen LogP contribution in [0, 0.1) is 0 Å². The number of likely N-dealkylation sites (N-methyl/N-ethyl adjacent to an activating group) is 2. The molecule has 1 aliphatic heterocycles. The smallest absolute Gasteiger partial charge is 0.266 e. The van der Waals surface area contributed by atoms with Crippen molar-refractivity contribution in [2.24, 2.45) is 4.99 Å². The van der Waals surface area contributed by atoms with Crippen molar-refractivity contribution in [3.63, 3.8) is 0 Å². The number of amides is 1. The zero-order valence-corrected chi connectivity index (χ0v) is 13.1. The number of carbonyl (C=O) groups is 1. The number of benzene rings is 2. The molecule has 22 heavy (non-hydrogen) atoms. The number of para-hydroxylation sites is 1. The van der Waals surface area contributed by atoms with Crippen LogP contribution >= 0.6 is 11.6 Å². The Hall–Kier alpha value is -2.17. The average Bonchev–Trinajstić information content (AvgIpc) is 2.65. The first-order chi connectivity index (χ1) is 10.6. The molecule has 0 saturated heterocycles. The fourth-order valence-corrected chi connectivity index (χ4v) is 2.67. The molecule has 0 spiro atoms. The van der Waals surface area contributed by atoms with Crippen molar-refractivity contribution in [2.75, 3.05) is 19.0 Å². The van der Waals surface area contributed by atoms with Crippen molar-refractivity contribution < 1.29 is 4.79 Å². The largest absolute Gasteiger partial charge is 0.312 e. The minimum atomic E-state index is -0.608. The summed E-state index contributed by atoms with van der Waals surface area (Å²) >= 11 is 5.97. The molecule has 0 fully saturated rings. The molecule has 0 aliphatic carbocycles. The predicted molar refractivity (Wildman–Crippen MR) is 89.8 cm³/mol. The van der Waals surface area contributed by atoms with Gasteiger partial charge >= 0.3 is 0 Å². The minimum absolute atomic E-state index is 0.0843. The first-order valence-corrected chi connectivity index (χ1v) is 7.37. The van der Waals surface area contributed by atoms with Gasteiger partial charge in [0.15, 0.2) is 6.17 Å². The van der Waals surface area contributed by atoms with E-state index in [1.54, 1.807) is 19.0 Å². The lowest BCUT2D eigenvalue weighted by Crippen LogP contribution is -2.41. The number of fused-ring (bicyclic) bond motifs is 1. The number of hydrogen-bond donors (Lipinski definition) is 1. The lowest BCUT2D eigenvalue weighted by atomic mass is 10.0. The van der Waals surface area contributed by atoms with Gasteiger partial charge in [0, 0.05) is 23.2 Å². The maximum atomic E-state index is 12.5. The molecule has 112 valence electrons. The van der Waals surface area contributed by atoms with Gasteiger partial charge in [-0.15, -0.1) is 0 Å². The lowest BCUT2D eigenvalue weighted by molar-refractivity contribution is -0.119. The molecule has 1 heterocycles. The average molecular weight is 314 g/mol. The van der Waals surface area contributed by atoms with Crippen LogP contribution in [0.4, 0.5) is 5.69 Å². The summed E-state index contributed by atoms with van der Waals surface area (Å²) in [6, 6.07) is 15.3. The molecule has 2 aromatic rings. The van der Waals surface area contributed by atoms with Crippen LogP contribution in [-0.4, -0.2) is 31.9 Å². The first kappa shape index (κ1) is 14.8. The summed E-state index contributed by atoms with van der Waals surface area (Å²) in [5.41, 5.74) is 3.49. The maximum Gasteiger partial charge on any atom is 0.266 e. The highest BCUT2D eigenvalue weighted by atomic mass is 35.5. The fraction of sp³-hybridized carbons (Fsp3) is 0.176. The third-order valence-electron chi connectivity index (χ3n) is 3.73. The van der Waals surface area contributed by atoms with Crippen LogP contribution in [0.5, 0.6) is 0 Å². The van der Waals surface area contributed by atoms with Crippen molar-refractivity contribution in [1.82, 2.24) is 5.32 Å². The molecule has 0 aromatic heterocycles. The van der Waals surface area contributed by atoms with E-state index in [2.05, 4.69) is 10.3 Å². The Labute approximate surface area is 134 Å². The molecule has 2 aromatic carbocycles. The Morgan fingerprint density at radius 3 is 2.50 bits per heavy atom. The Morgan fingerprint density at radius 1 is 1.14 bits per heavy atom. The molecule has 1 amide bonds. The number of anilines is 1. The molecular formula is C17H16ClN3O. The first-order valence-electron chi connectivity index (χ1n) is 7.00. The molecular weight excluding hydrogens is 298 g/mol. The standard InChI is InChI=1S/C17H16ClN3O/c1-19-16-17(22)21(2)14-6-4-3-5-13(14)15(20-16)11-7-9-12(18)10-8-11/h3-10,16,19H,1-2H3. The monoisotopic (exact) mass is 313 g/mol. The number of carbonyl (C=O) groups excluding carboxylic acids is 1. The molecule has 0 bridgehead atoms. The molecule has 1 unspecified atom stereocenters. The maximum absolute atomic E-state index is 12.5. The summed E-state index contributed by atoms with van der Waals surface area (Å²) in [5, 5.41) is 3.64. The number of nitrogens with zero attached hydrogens (tertiary/aromatic N) is 2. The quantitative estimate of drug-likeness (QED) is 0.926. The van der Waals surface area contributed by atoms with E-state index < -0.39 is 6.17 Å². The van der Waals surface area contributed by atoms with Gasteiger partial charge in [-0.25, -0.2) is 0 Å². The molecule has 1 atom stereocenters. The molecule has 0 radical (unpaired) electrons. The second-order valence-electron chi connectivity index (χ2n) is 5.09. The number of benzodiazepines with no additional fused rings is 1. The summed E-state index contributed by atoms with van der Waals surface area (Å²) in [7, 11) is 3.50. The predicted octanol–water partition coefficient (Wildman–Crippen LogP) is 2.70. The van der Waals surface area contributed by atoms with Crippen molar-refractivity contribution in [3.05, 3.63) is 64.7 Å². The highest BCUT2D eigenvalue weighted by Crippen LogP contribution is 2.27. The van der Waals surface area contributed by atoms with E-state index in [-0.39, 0.29) is 5.91 Å². The van der Waals surface area contributed by atoms with Gasteiger partial charge in [-0.05, 0) is 25.2 Å². The van der Waals surface area contributed by atoms with Gasteiger partial charge in [0.25, 0.3) is 5.91 Å². The van der Waals surface area contributed by atoms with E-state index in [1.807, 2.05) is 48.5 Å². The Morgan fingerprint density at radius 2 is 1.82 bits per heavy atom. The molecule has 1 aliphatic rings. The van der Waals surface area contributed by atoms with Crippen LogP contribution in [0.3, 0.4) is 0 Å². The molecule has 5 heteroatoms. The SMILES string of the molecule is CNC1N=C(c2ccc(Cl)cc2)c2ccccc2N(C)C1=O. The summed E-state index contributed by atoms with van der Waals surface area (Å²) < 4.78 is 0. The third kappa shape index (κ3) is 2.51. The van der Waals surface area contributed by atoms with Crippen LogP contribution in [-0.2, 0) is 4.79 Å². The summed E-state index contributed by atoms with van der Waals surface area (Å²) in [4.78, 5) is 18.8. The molecule has 3 rings (SSSR count). The van der Waals surface area contributed by atoms with Crippen molar-refractivity contribution in [3.8, 4) is 0 Å². The van der Waals surface area contributed by atoms with Gasteiger partial charge in [0.2, 0.25) is 0 Å². The van der Waals surface area contributed by atoms with Gasteiger partial charge in [0.1, 0.15) is 0 Å². The highest BCUT2D eigenvalue weighted by molar-refractivity contribution is 6.30. The van der Waals surface area contributed by atoms with E-state index >= 15 is 0 Å². The zero-order valence-electron chi connectivity index (χ0n) is 12.4. The Bertz CT molecular complexity index is 740. The second kappa shape index (κ2) is 5.91. The topological polar surface area (TPSA) is 44.7 Å². The van der Waals surface area contributed by atoms with Gasteiger partial charge < -0.3 is 4.90 Å². The lowest BCUT2D eigenvalue weighted by Gasteiger charge is -2.19. The zero-order chi connectivity index (χ0) is 15.7. The van der Waals surface area contributed by atoms with E-state index in [0.717, 1.165) is 22.5 Å². The normalized spacial score (nSPS) is 17.8. The Kier molecular flexibility index (Phi) is 3.96. The molecule has 4 nitrogen and oxygen atoms in total. The van der Waals surface area contributed by atoms with Gasteiger partial charge in [-0.2, -0.15) is 0 Å². The van der Waals surface area contributed by atoms with Crippen LogP contribution < -0.4 is 10.2 Å². The third-order valence-corrected chi connectivity index (χ3v) is 3.99. The van der Waals surface area contributed by atoms with Crippen LogP contribution in [0.15, 0.2) is 53.5 Å². The Balaban J connectivity index is 2.22. The van der Waals surface area contributed by atoms with Crippen molar-refractivity contribution in [2.45, 2.75) is 6.17 Å². The van der Waals surface area contributed by atoms with E-state index in [9.17, 15) is 4.79 Å². The van der Waals surface area contributed by atoms with Crippen LogP contribution in [0.25, 0.3) is 0 Å². The summed E-state index contributed by atoms with van der Waals surface area (Å²) in [5.74, 6) is -0.0843. The summed E-state index contributed by atoms with van der Waals surface area (Å²) in [6.45, 7) is 0. The van der Waals surface area contributed by atoms with E-state index in [1.165, 1.54) is 0 Å². The number of aliphatic imine (C=N–C) groups is 1. The van der Waals surface area contributed by atoms with Gasteiger partial charge in [0.05, 0.1) is 11.4 Å². The number of rotatable bonds is 2. The fourth-order valence-electron chi connectivity index (χ4n) is 2.55. The van der Waals surface area contributed by atoms with Crippen molar-refractivity contribution in [1.29, 1.82) is 0 Å². The molecule has 1 N–H and O–H groups in total. The summed E-state index contributed by atoms with van der Waals surface area (Å²) in [6.07, 6.45) is -0.608. The second-order valence-corrected chi connectivity index (χ2v) is 5.53. The number of nitrogens with one attached hydrogen (secondary N) is 1. The van der Waals surface area contributed by atoms with E-state index in [0.29, 0.717) is 5.02 Å². The van der Waals surface area contributed by atoms with Crippen LogP contribution in [0.2, 0.25) is 5.02 Å². The molecule has 0 saturated carbocycles. The van der Waals surface area contributed by atoms with E-state index in [4.69, 9.17) is 11.6 Å². The van der Waals surface area contributed by atoms with Crippen LogP contribution in [0.1, 0.15) is 11.1 Å². The van der Waals surface area contributed by atoms with Gasteiger partial charge in [-0.1, -0.05) is 41.9 Å². The van der Waals surface area contributed by atoms with Gasteiger partial charge in [-0.3, -0.25) is 15.1 Å².